The number of amides is 1. The summed E-state index contributed by atoms with van der Waals surface area (Å²) in [5, 5.41) is 0.146. The number of hydrogen-bond acceptors (Lipinski definition) is 4. The van der Waals surface area contributed by atoms with Crippen LogP contribution in [0.15, 0.2) is 41.6 Å². The molecule has 2 heterocycles. The predicted octanol–water partition coefficient (Wildman–Crippen LogP) is 3.99. The zero-order valence-electron chi connectivity index (χ0n) is 14.2. The molecule has 1 atom stereocenters. The van der Waals surface area contributed by atoms with E-state index in [4.69, 9.17) is 23.2 Å². The lowest BCUT2D eigenvalue weighted by Gasteiger charge is -2.21. The van der Waals surface area contributed by atoms with E-state index >= 15 is 0 Å². The van der Waals surface area contributed by atoms with Crippen molar-refractivity contribution in [1.82, 2.24) is 9.88 Å². The van der Waals surface area contributed by atoms with Gasteiger partial charge in [-0.3, -0.25) is 9.78 Å². The molecule has 0 radical (unpaired) electrons. The van der Waals surface area contributed by atoms with Crippen LogP contribution in [0.5, 0.6) is 0 Å². The fraction of sp³-hybridized carbons (Fsp3) is 0.333. The summed E-state index contributed by atoms with van der Waals surface area (Å²) < 4.78 is 25.5. The third kappa shape index (κ3) is 3.87. The molecule has 0 bridgehead atoms. The third-order valence-electron chi connectivity index (χ3n) is 4.44. The first-order valence-corrected chi connectivity index (χ1v) is 10.6. The molecule has 1 aliphatic heterocycles. The van der Waals surface area contributed by atoms with Gasteiger partial charge in [-0.1, -0.05) is 29.3 Å². The molecule has 5 nitrogen and oxygen atoms in total. The van der Waals surface area contributed by atoms with Crippen molar-refractivity contribution < 1.29 is 13.2 Å². The van der Waals surface area contributed by atoms with Gasteiger partial charge < -0.3 is 4.90 Å². The predicted molar refractivity (Wildman–Crippen MR) is 101 cm³/mol. The number of nitrogens with zero attached hydrogens (tertiary/aromatic N) is 2. The van der Waals surface area contributed by atoms with E-state index in [-0.39, 0.29) is 32.6 Å². The van der Waals surface area contributed by atoms with Gasteiger partial charge in [0, 0.05) is 25.0 Å². The molecule has 0 spiro atoms. The van der Waals surface area contributed by atoms with Gasteiger partial charge in [0.25, 0.3) is 5.91 Å². The number of pyridine rings is 1. The van der Waals surface area contributed by atoms with Gasteiger partial charge in [-0.25, -0.2) is 8.42 Å². The SMILES string of the molecule is CC1CCCN1C(=O)c1cncc(CS(=O)(=O)c2c(Cl)cccc2Cl)c1. The molecule has 8 heteroatoms. The Balaban J connectivity index is 1.88. The summed E-state index contributed by atoms with van der Waals surface area (Å²) >= 11 is 12.0. The Bertz CT molecular complexity index is 927. The number of carbonyl (C=O) groups excluding carboxylic acids is 1. The van der Waals surface area contributed by atoms with Crippen molar-refractivity contribution >= 4 is 38.9 Å². The maximum absolute atomic E-state index is 12.7. The second-order valence-corrected chi connectivity index (χ2v) is 9.12. The number of rotatable bonds is 4. The molecule has 26 heavy (non-hydrogen) atoms. The quantitative estimate of drug-likeness (QED) is 0.760. The summed E-state index contributed by atoms with van der Waals surface area (Å²) in [6.45, 7) is 2.71. The van der Waals surface area contributed by atoms with E-state index in [1.165, 1.54) is 24.5 Å². The second-order valence-electron chi connectivity index (χ2n) is 6.38. The molecule has 3 rings (SSSR count). The van der Waals surface area contributed by atoms with Crippen LogP contribution in [0.25, 0.3) is 0 Å². The molecular formula is C18H18Cl2N2O3S. The molecule has 1 unspecified atom stereocenters. The molecular weight excluding hydrogens is 395 g/mol. The molecule has 0 N–H and O–H groups in total. The van der Waals surface area contributed by atoms with Crippen molar-refractivity contribution in [3.8, 4) is 0 Å². The van der Waals surface area contributed by atoms with E-state index in [2.05, 4.69) is 4.98 Å². The van der Waals surface area contributed by atoms with Crippen LogP contribution < -0.4 is 0 Å². The first-order chi connectivity index (χ1) is 12.3. The fourth-order valence-corrected chi connectivity index (χ4v) is 5.73. The Labute approximate surface area is 162 Å². The van der Waals surface area contributed by atoms with Crippen LogP contribution in [0, 0.1) is 0 Å². The third-order valence-corrected chi connectivity index (χ3v) is 7.07. The average molecular weight is 413 g/mol. The summed E-state index contributed by atoms with van der Waals surface area (Å²) in [5.74, 6) is -0.461. The van der Waals surface area contributed by atoms with E-state index in [1.54, 1.807) is 17.0 Å². The Morgan fingerprint density at radius 1 is 1.27 bits per heavy atom. The van der Waals surface area contributed by atoms with Crippen molar-refractivity contribution in [2.45, 2.75) is 36.5 Å². The zero-order valence-corrected chi connectivity index (χ0v) is 16.5. The van der Waals surface area contributed by atoms with Crippen LogP contribution in [0.1, 0.15) is 35.7 Å². The largest absolute Gasteiger partial charge is 0.336 e. The summed E-state index contributed by atoms with van der Waals surface area (Å²) in [5.41, 5.74) is 0.801. The van der Waals surface area contributed by atoms with Gasteiger partial charge in [0.15, 0.2) is 9.84 Å². The van der Waals surface area contributed by atoms with Crippen LogP contribution >= 0.6 is 23.2 Å². The molecule has 2 aromatic rings. The smallest absolute Gasteiger partial charge is 0.255 e. The number of carbonyl (C=O) groups is 1. The molecule has 1 fully saturated rings. The second kappa shape index (κ2) is 7.55. The van der Waals surface area contributed by atoms with Crippen LogP contribution in [0.3, 0.4) is 0 Å². The van der Waals surface area contributed by atoms with Crippen LogP contribution in [-0.4, -0.2) is 36.8 Å². The lowest BCUT2D eigenvalue weighted by atomic mass is 10.2. The lowest BCUT2D eigenvalue weighted by Crippen LogP contribution is -2.33. The maximum atomic E-state index is 12.7. The standard InChI is InChI=1S/C18H18Cl2N2O3S/c1-12-4-3-7-22(12)18(23)14-8-13(9-21-10-14)11-26(24,25)17-15(19)5-2-6-16(17)20/h2,5-6,8-10,12H,3-4,7,11H2,1H3. The molecule has 138 valence electrons. The number of hydrogen-bond donors (Lipinski definition) is 0. The van der Waals surface area contributed by atoms with Crippen LogP contribution in [0.4, 0.5) is 0 Å². The first kappa shape index (κ1) is 19.1. The van der Waals surface area contributed by atoms with Gasteiger partial charge in [-0.05, 0) is 43.5 Å². The van der Waals surface area contributed by atoms with E-state index < -0.39 is 9.84 Å². The van der Waals surface area contributed by atoms with Crippen molar-refractivity contribution in [1.29, 1.82) is 0 Å². The van der Waals surface area contributed by atoms with E-state index in [0.717, 1.165) is 12.8 Å². The summed E-state index contributed by atoms with van der Waals surface area (Å²) in [6.07, 6.45) is 4.84. The number of halogens is 2. The van der Waals surface area contributed by atoms with Crippen molar-refractivity contribution in [3.05, 3.63) is 57.8 Å². The Hall–Kier alpha value is -1.63. The van der Waals surface area contributed by atoms with Gasteiger partial charge in [0.1, 0.15) is 4.90 Å². The average Bonchev–Trinajstić information content (AvgIpc) is 2.99. The molecule has 1 saturated heterocycles. The number of sulfone groups is 1. The number of aromatic nitrogens is 1. The highest BCUT2D eigenvalue weighted by Gasteiger charge is 2.27. The summed E-state index contributed by atoms with van der Waals surface area (Å²) in [7, 11) is -3.78. The number of benzene rings is 1. The summed E-state index contributed by atoms with van der Waals surface area (Å²) in [4.78, 5) is 18.4. The van der Waals surface area contributed by atoms with Gasteiger partial charge in [-0.2, -0.15) is 0 Å². The molecule has 1 aromatic carbocycles. The van der Waals surface area contributed by atoms with Crippen LogP contribution in [-0.2, 0) is 15.6 Å². The van der Waals surface area contributed by atoms with Gasteiger partial charge in [0.05, 0.1) is 21.4 Å². The van der Waals surface area contributed by atoms with E-state index in [0.29, 0.717) is 17.7 Å². The van der Waals surface area contributed by atoms with Crippen molar-refractivity contribution in [2.75, 3.05) is 6.54 Å². The highest BCUT2D eigenvalue weighted by atomic mass is 35.5. The normalized spacial score (nSPS) is 17.5. The van der Waals surface area contributed by atoms with Crippen molar-refractivity contribution in [3.63, 3.8) is 0 Å². The molecule has 0 aliphatic carbocycles. The lowest BCUT2D eigenvalue weighted by molar-refractivity contribution is 0.0747. The van der Waals surface area contributed by atoms with Gasteiger partial charge in [-0.15, -0.1) is 0 Å². The zero-order chi connectivity index (χ0) is 18.9. The highest BCUT2D eigenvalue weighted by Crippen LogP contribution is 2.31. The monoisotopic (exact) mass is 412 g/mol. The van der Waals surface area contributed by atoms with Crippen LogP contribution in [0.2, 0.25) is 10.0 Å². The first-order valence-electron chi connectivity index (χ1n) is 8.21. The fourth-order valence-electron chi connectivity index (χ4n) is 3.16. The summed E-state index contributed by atoms with van der Waals surface area (Å²) in [6, 6.07) is 6.29. The Morgan fingerprint density at radius 2 is 1.96 bits per heavy atom. The maximum Gasteiger partial charge on any atom is 0.255 e. The molecule has 0 saturated carbocycles. The molecule has 1 aromatic heterocycles. The van der Waals surface area contributed by atoms with Gasteiger partial charge >= 0.3 is 0 Å². The Morgan fingerprint density at radius 3 is 2.58 bits per heavy atom. The topological polar surface area (TPSA) is 67.3 Å². The Kier molecular flexibility index (Phi) is 5.55. The van der Waals surface area contributed by atoms with Gasteiger partial charge in [0.2, 0.25) is 0 Å². The highest BCUT2D eigenvalue weighted by molar-refractivity contribution is 7.90. The minimum Gasteiger partial charge on any atom is -0.336 e. The van der Waals surface area contributed by atoms with Crippen molar-refractivity contribution in [2.24, 2.45) is 0 Å². The minimum absolute atomic E-state index is 0.0728. The van der Waals surface area contributed by atoms with E-state index in [9.17, 15) is 13.2 Å². The number of likely N-dealkylation sites (tertiary alicyclic amines) is 1. The molecule has 1 amide bonds. The molecule has 1 aliphatic rings. The minimum atomic E-state index is -3.78. The van der Waals surface area contributed by atoms with E-state index in [1.807, 2.05) is 6.92 Å².